The predicted octanol–water partition coefficient (Wildman–Crippen LogP) is 3.00. The molecule has 1 aromatic carbocycles. The number of nitrogens with one attached hydrogen (secondary N) is 1. The third-order valence-corrected chi connectivity index (χ3v) is 3.91. The Labute approximate surface area is 120 Å². The summed E-state index contributed by atoms with van der Waals surface area (Å²) in [5, 5.41) is 3.53. The quantitative estimate of drug-likeness (QED) is 0.758. The van der Waals surface area contributed by atoms with E-state index < -0.39 is 5.91 Å². The normalized spacial score (nSPS) is 10.4. The van der Waals surface area contributed by atoms with Crippen LogP contribution in [0.4, 0.5) is 11.4 Å². The second-order valence-corrected chi connectivity index (χ2v) is 5.94. The average Bonchev–Trinajstić information content (AvgIpc) is 2.73. The maximum absolute atomic E-state index is 11.4. The fourth-order valence-electron chi connectivity index (χ4n) is 1.76. The van der Waals surface area contributed by atoms with Crippen molar-refractivity contribution in [2.24, 2.45) is 5.73 Å². The van der Waals surface area contributed by atoms with Gasteiger partial charge in [-0.05, 0) is 31.2 Å². The van der Waals surface area contributed by atoms with Crippen LogP contribution in [0.25, 0.3) is 0 Å². The van der Waals surface area contributed by atoms with Gasteiger partial charge in [0.1, 0.15) is 0 Å². The standard InChI is InChI=1S/C13H14ClN3OS/c1-7-2-3-9(19-7)6-17-12-10(13(16)18)4-8(15)5-11(12)14/h2-5,17H,6,15H2,1H3,(H2,16,18). The number of rotatable bonds is 4. The molecule has 6 heteroatoms. The lowest BCUT2D eigenvalue weighted by atomic mass is 10.1. The Bertz CT molecular complexity index is 624. The van der Waals surface area contributed by atoms with Crippen molar-refractivity contribution in [2.75, 3.05) is 11.1 Å². The molecule has 4 nitrogen and oxygen atoms in total. The van der Waals surface area contributed by atoms with Crippen molar-refractivity contribution in [3.05, 3.63) is 44.6 Å². The highest BCUT2D eigenvalue weighted by Crippen LogP contribution is 2.30. The first-order valence-corrected chi connectivity index (χ1v) is 6.85. The molecule has 100 valence electrons. The highest BCUT2D eigenvalue weighted by Gasteiger charge is 2.13. The highest BCUT2D eigenvalue weighted by atomic mass is 35.5. The molecule has 2 rings (SSSR count). The number of carbonyl (C=O) groups is 1. The minimum Gasteiger partial charge on any atom is -0.399 e. The van der Waals surface area contributed by atoms with Gasteiger partial charge in [-0.2, -0.15) is 0 Å². The number of nitrogen functional groups attached to an aromatic ring is 1. The van der Waals surface area contributed by atoms with E-state index in [9.17, 15) is 4.79 Å². The number of anilines is 2. The minimum absolute atomic E-state index is 0.304. The molecule has 0 aliphatic carbocycles. The molecular formula is C13H14ClN3OS. The molecule has 5 N–H and O–H groups in total. The van der Waals surface area contributed by atoms with E-state index in [-0.39, 0.29) is 0 Å². The number of nitrogens with two attached hydrogens (primary N) is 2. The van der Waals surface area contributed by atoms with Crippen LogP contribution in [0.15, 0.2) is 24.3 Å². The topological polar surface area (TPSA) is 81.1 Å². The first-order valence-electron chi connectivity index (χ1n) is 5.65. The molecule has 1 aromatic heterocycles. The Balaban J connectivity index is 2.26. The summed E-state index contributed by atoms with van der Waals surface area (Å²) in [5.41, 5.74) is 12.2. The van der Waals surface area contributed by atoms with Gasteiger partial charge >= 0.3 is 0 Å². The summed E-state index contributed by atoms with van der Waals surface area (Å²) < 4.78 is 0. The predicted molar refractivity (Wildman–Crippen MR) is 80.8 cm³/mol. The second kappa shape index (κ2) is 5.50. The van der Waals surface area contributed by atoms with Crippen LogP contribution in [-0.2, 0) is 6.54 Å². The molecule has 0 atom stereocenters. The summed E-state index contributed by atoms with van der Waals surface area (Å²) in [7, 11) is 0. The van der Waals surface area contributed by atoms with Crippen LogP contribution in [0.5, 0.6) is 0 Å². The van der Waals surface area contributed by atoms with Crippen molar-refractivity contribution in [3.8, 4) is 0 Å². The first kappa shape index (κ1) is 13.7. The third kappa shape index (κ3) is 3.19. The SMILES string of the molecule is Cc1ccc(CNc2c(Cl)cc(N)cc2C(N)=O)s1. The number of benzene rings is 1. The van der Waals surface area contributed by atoms with E-state index >= 15 is 0 Å². The Morgan fingerprint density at radius 1 is 1.42 bits per heavy atom. The maximum Gasteiger partial charge on any atom is 0.250 e. The minimum atomic E-state index is -0.556. The zero-order valence-electron chi connectivity index (χ0n) is 10.4. The van der Waals surface area contributed by atoms with Gasteiger partial charge < -0.3 is 16.8 Å². The van der Waals surface area contributed by atoms with Gasteiger partial charge in [0.05, 0.1) is 16.3 Å². The summed E-state index contributed by atoms with van der Waals surface area (Å²) in [5.74, 6) is -0.556. The van der Waals surface area contributed by atoms with Crippen molar-refractivity contribution in [1.82, 2.24) is 0 Å². The molecule has 1 heterocycles. The van der Waals surface area contributed by atoms with Crippen LogP contribution >= 0.6 is 22.9 Å². The van der Waals surface area contributed by atoms with Crippen molar-refractivity contribution in [2.45, 2.75) is 13.5 Å². The number of aryl methyl sites for hydroxylation is 1. The summed E-state index contributed by atoms with van der Waals surface area (Å²) >= 11 is 7.79. The summed E-state index contributed by atoms with van der Waals surface area (Å²) in [6.45, 7) is 2.63. The Kier molecular flexibility index (Phi) is 3.97. The van der Waals surface area contributed by atoms with E-state index in [1.165, 1.54) is 10.9 Å². The van der Waals surface area contributed by atoms with Crippen LogP contribution in [0.1, 0.15) is 20.1 Å². The monoisotopic (exact) mass is 295 g/mol. The Morgan fingerprint density at radius 3 is 2.74 bits per heavy atom. The lowest BCUT2D eigenvalue weighted by molar-refractivity contribution is 0.100. The summed E-state index contributed by atoms with van der Waals surface area (Å²) in [6.07, 6.45) is 0. The number of amides is 1. The van der Waals surface area contributed by atoms with Gasteiger partial charge in [0.2, 0.25) is 0 Å². The molecule has 19 heavy (non-hydrogen) atoms. The largest absolute Gasteiger partial charge is 0.399 e. The fraction of sp³-hybridized carbons (Fsp3) is 0.154. The van der Waals surface area contributed by atoms with E-state index in [0.717, 1.165) is 4.88 Å². The van der Waals surface area contributed by atoms with Crippen LogP contribution in [0.3, 0.4) is 0 Å². The molecule has 2 aromatic rings. The van der Waals surface area contributed by atoms with Gasteiger partial charge in [0.25, 0.3) is 5.91 Å². The lowest BCUT2D eigenvalue weighted by Crippen LogP contribution is -2.15. The van der Waals surface area contributed by atoms with Gasteiger partial charge in [0.15, 0.2) is 0 Å². The number of hydrogen-bond donors (Lipinski definition) is 3. The van der Waals surface area contributed by atoms with Crippen molar-refractivity contribution in [3.63, 3.8) is 0 Å². The molecule has 0 bridgehead atoms. The summed E-state index contributed by atoms with van der Waals surface area (Å²) in [6, 6.07) is 7.19. The van der Waals surface area contributed by atoms with Crippen molar-refractivity contribution in [1.29, 1.82) is 0 Å². The zero-order chi connectivity index (χ0) is 14.0. The number of carbonyl (C=O) groups excluding carboxylic acids is 1. The smallest absolute Gasteiger partial charge is 0.250 e. The van der Waals surface area contributed by atoms with Crippen LogP contribution in [0.2, 0.25) is 5.02 Å². The second-order valence-electron chi connectivity index (χ2n) is 4.16. The molecule has 0 spiro atoms. The van der Waals surface area contributed by atoms with E-state index in [2.05, 4.69) is 5.32 Å². The molecule has 1 amide bonds. The third-order valence-electron chi connectivity index (χ3n) is 2.61. The molecule has 0 unspecified atom stereocenters. The van der Waals surface area contributed by atoms with Gasteiger partial charge in [-0.25, -0.2) is 0 Å². The van der Waals surface area contributed by atoms with Gasteiger partial charge in [-0.3, -0.25) is 4.79 Å². The van der Waals surface area contributed by atoms with Crippen molar-refractivity contribution < 1.29 is 4.79 Å². The number of primary amides is 1. The van der Waals surface area contributed by atoms with Crippen LogP contribution < -0.4 is 16.8 Å². The number of hydrogen-bond acceptors (Lipinski definition) is 4. The number of halogens is 1. The highest BCUT2D eigenvalue weighted by molar-refractivity contribution is 7.11. The van der Waals surface area contributed by atoms with Gasteiger partial charge in [0, 0.05) is 22.0 Å². The average molecular weight is 296 g/mol. The molecule has 0 saturated heterocycles. The Hall–Kier alpha value is -1.72. The molecular weight excluding hydrogens is 282 g/mol. The van der Waals surface area contributed by atoms with E-state index in [1.54, 1.807) is 17.4 Å². The zero-order valence-corrected chi connectivity index (χ0v) is 11.9. The molecule has 0 aliphatic heterocycles. The molecule has 0 radical (unpaired) electrons. The van der Waals surface area contributed by atoms with E-state index in [1.807, 2.05) is 19.1 Å². The maximum atomic E-state index is 11.4. The lowest BCUT2D eigenvalue weighted by Gasteiger charge is -2.12. The van der Waals surface area contributed by atoms with E-state index in [4.69, 9.17) is 23.1 Å². The number of thiophene rings is 1. The fourth-order valence-corrected chi connectivity index (χ4v) is 2.88. The molecule has 0 fully saturated rings. The van der Waals surface area contributed by atoms with Crippen LogP contribution in [0, 0.1) is 6.92 Å². The van der Waals surface area contributed by atoms with Crippen LogP contribution in [-0.4, -0.2) is 5.91 Å². The molecule has 0 aliphatic rings. The Morgan fingerprint density at radius 2 is 2.16 bits per heavy atom. The van der Waals surface area contributed by atoms with Gasteiger partial charge in [-0.1, -0.05) is 11.6 Å². The van der Waals surface area contributed by atoms with E-state index in [0.29, 0.717) is 28.5 Å². The van der Waals surface area contributed by atoms with Crippen molar-refractivity contribution >= 4 is 40.2 Å². The first-order chi connectivity index (χ1) is 8.97. The summed E-state index contributed by atoms with van der Waals surface area (Å²) in [4.78, 5) is 13.8. The molecule has 0 saturated carbocycles. The van der Waals surface area contributed by atoms with Gasteiger partial charge in [-0.15, -0.1) is 11.3 Å².